The lowest BCUT2D eigenvalue weighted by Gasteiger charge is -2.02. The van der Waals surface area contributed by atoms with E-state index in [-0.39, 0.29) is 0 Å². The lowest BCUT2D eigenvalue weighted by molar-refractivity contribution is 0.748. The first-order valence-electron chi connectivity index (χ1n) is 6.70. The number of para-hydroxylation sites is 1. The van der Waals surface area contributed by atoms with Crippen molar-refractivity contribution in [2.75, 3.05) is 6.54 Å². The van der Waals surface area contributed by atoms with Gasteiger partial charge in [0.1, 0.15) is 5.01 Å². The summed E-state index contributed by atoms with van der Waals surface area (Å²) in [6, 6.07) is 6.32. The van der Waals surface area contributed by atoms with Crippen LogP contribution in [0, 0.1) is 0 Å². The molecule has 0 spiro atoms. The second-order valence-electron chi connectivity index (χ2n) is 4.72. The zero-order valence-electron chi connectivity index (χ0n) is 11.0. The Morgan fingerprint density at radius 3 is 2.95 bits per heavy atom. The molecule has 1 aromatic carbocycles. The highest BCUT2D eigenvalue weighted by Gasteiger charge is 2.15. The van der Waals surface area contributed by atoms with E-state index in [1.807, 2.05) is 11.6 Å². The van der Waals surface area contributed by atoms with E-state index in [0.717, 1.165) is 46.5 Å². The number of aromatic nitrogens is 2. The molecule has 0 aliphatic carbocycles. The molecule has 3 nitrogen and oxygen atoms in total. The van der Waals surface area contributed by atoms with Crippen LogP contribution in [0.3, 0.4) is 0 Å². The van der Waals surface area contributed by atoms with E-state index in [4.69, 9.17) is 5.73 Å². The third kappa shape index (κ3) is 2.53. The quantitative estimate of drug-likeness (QED) is 0.673. The molecule has 0 saturated carbocycles. The number of halogens is 1. The number of hydrogen-bond acceptors (Lipinski definition) is 3. The fourth-order valence-electron chi connectivity index (χ4n) is 2.47. The van der Waals surface area contributed by atoms with Crippen molar-refractivity contribution in [3.8, 4) is 10.7 Å². The van der Waals surface area contributed by atoms with Crippen LogP contribution in [0.5, 0.6) is 0 Å². The number of nitrogens with one attached hydrogen (secondary N) is 1. The number of fused-ring (bicyclic) bond motifs is 1. The van der Waals surface area contributed by atoms with Crippen molar-refractivity contribution in [2.45, 2.75) is 19.3 Å². The Hall–Kier alpha value is -1.17. The number of thiazole rings is 1. The van der Waals surface area contributed by atoms with Crippen molar-refractivity contribution in [1.29, 1.82) is 0 Å². The highest BCUT2D eigenvalue weighted by atomic mass is 79.9. The van der Waals surface area contributed by atoms with Gasteiger partial charge in [0.25, 0.3) is 0 Å². The molecule has 3 aromatic rings. The fraction of sp³-hybridized carbons (Fsp3) is 0.267. The van der Waals surface area contributed by atoms with Crippen LogP contribution in [0.4, 0.5) is 0 Å². The van der Waals surface area contributed by atoms with Crippen molar-refractivity contribution in [1.82, 2.24) is 9.97 Å². The summed E-state index contributed by atoms with van der Waals surface area (Å²) in [4.78, 5) is 7.98. The second-order valence-corrected chi connectivity index (χ2v) is 6.47. The summed E-state index contributed by atoms with van der Waals surface area (Å²) in [7, 11) is 0. The van der Waals surface area contributed by atoms with Crippen LogP contribution >= 0.6 is 27.3 Å². The van der Waals surface area contributed by atoms with Crippen LogP contribution in [0.1, 0.15) is 18.4 Å². The van der Waals surface area contributed by atoms with Gasteiger partial charge in [0.05, 0.1) is 11.2 Å². The molecule has 0 amide bonds. The van der Waals surface area contributed by atoms with E-state index in [0.29, 0.717) is 0 Å². The zero-order chi connectivity index (χ0) is 13.9. The molecule has 0 unspecified atom stereocenters. The number of aryl methyl sites for hydroxylation is 1. The van der Waals surface area contributed by atoms with Gasteiger partial charge in [-0.1, -0.05) is 12.1 Å². The maximum atomic E-state index is 5.61. The van der Waals surface area contributed by atoms with Gasteiger partial charge in [0.15, 0.2) is 0 Å². The minimum Gasteiger partial charge on any atom is -0.351 e. The van der Waals surface area contributed by atoms with Crippen molar-refractivity contribution < 1.29 is 0 Å². The molecule has 0 atom stereocenters. The molecule has 3 N–H and O–H groups in total. The Kier molecular flexibility index (Phi) is 4.19. The molecule has 0 radical (unpaired) electrons. The summed E-state index contributed by atoms with van der Waals surface area (Å²) in [5, 5.41) is 4.34. The van der Waals surface area contributed by atoms with Crippen molar-refractivity contribution in [3.05, 3.63) is 39.8 Å². The molecule has 0 saturated heterocycles. The van der Waals surface area contributed by atoms with Crippen LogP contribution in [-0.4, -0.2) is 16.5 Å². The molecular weight excluding hydrogens is 334 g/mol. The average molecular weight is 350 g/mol. The number of benzene rings is 1. The standard InChI is InChI=1S/C15H16BrN3S/c16-12-6-3-5-10-11(4-1-2-7-17)14(19-13(10)12)15-18-8-9-20-15/h3,5-6,8-9,19H,1-2,4,7,17H2. The molecule has 0 aliphatic rings. The second kappa shape index (κ2) is 6.08. The van der Waals surface area contributed by atoms with Gasteiger partial charge in [0, 0.05) is 21.4 Å². The van der Waals surface area contributed by atoms with Gasteiger partial charge in [-0.15, -0.1) is 11.3 Å². The Bertz CT molecular complexity index is 703. The monoisotopic (exact) mass is 349 g/mol. The SMILES string of the molecule is NCCCCc1c(-c2nccs2)[nH]c2c(Br)cccc12. The molecule has 5 heteroatoms. The van der Waals surface area contributed by atoms with Crippen molar-refractivity contribution in [3.63, 3.8) is 0 Å². The van der Waals surface area contributed by atoms with E-state index in [1.165, 1.54) is 10.9 Å². The minimum absolute atomic E-state index is 0.749. The van der Waals surface area contributed by atoms with Crippen LogP contribution < -0.4 is 5.73 Å². The number of nitrogens with zero attached hydrogens (tertiary/aromatic N) is 1. The van der Waals surface area contributed by atoms with E-state index < -0.39 is 0 Å². The fourth-order valence-corrected chi connectivity index (χ4v) is 3.60. The molecule has 0 bridgehead atoms. The summed E-state index contributed by atoms with van der Waals surface area (Å²) in [5.74, 6) is 0. The maximum Gasteiger partial charge on any atom is 0.139 e. The van der Waals surface area contributed by atoms with Gasteiger partial charge in [-0.25, -0.2) is 4.98 Å². The number of H-pyrrole nitrogens is 1. The predicted molar refractivity (Wildman–Crippen MR) is 89.1 cm³/mol. The number of aromatic amines is 1. The third-order valence-electron chi connectivity index (χ3n) is 3.42. The van der Waals surface area contributed by atoms with Gasteiger partial charge in [0.2, 0.25) is 0 Å². The van der Waals surface area contributed by atoms with Crippen LogP contribution in [-0.2, 0) is 6.42 Å². The molecule has 0 fully saturated rings. The van der Waals surface area contributed by atoms with E-state index in [9.17, 15) is 0 Å². The number of unbranched alkanes of at least 4 members (excludes halogenated alkanes) is 1. The van der Waals surface area contributed by atoms with E-state index >= 15 is 0 Å². The molecular formula is C15H16BrN3S. The Balaban J connectivity index is 2.12. The first-order chi connectivity index (χ1) is 9.81. The molecule has 20 heavy (non-hydrogen) atoms. The summed E-state index contributed by atoms with van der Waals surface area (Å²) < 4.78 is 1.10. The van der Waals surface area contributed by atoms with Crippen molar-refractivity contribution >= 4 is 38.2 Å². The smallest absolute Gasteiger partial charge is 0.139 e. The van der Waals surface area contributed by atoms with Gasteiger partial charge in [-0.05, 0) is 53.4 Å². The van der Waals surface area contributed by atoms with Gasteiger partial charge < -0.3 is 10.7 Å². The third-order valence-corrected chi connectivity index (χ3v) is 4.87. The number of rotatable bonds is 5. The van der Waals surface area contributed by atoms with Gasteiger partial charge >= 0.3 is 0 Å². The molecule has 104 valence electrons. The van der Waals surface area contributed by atoms with Gasteiger partial charge in [-0.3, -0.25) is 0 Å². The summed E-state index contributed by atoms with van der Waals surface area (Å²) in [5.41, 5.74) is 9.27. The van der Waals surface area contributed by atoms with E-state index in [1.54, 1.807) is 11.3 Å². The Morgan fingerprint density at radius 1 is 1.30 bits per heavy atom. The summed E-state index contributed by atoms with van der Waals surface area (Å²) in [6.45, 7) is 0.749. The topological polar surface area (TPSA) is 54.7 Å². The first kappa shape index (κ1) is 13.8. The zero-order valence-corrected chi connectivity index (χ0v) is 13.4. The summed E-state index contributed by atoms with van der Waals surface area (Å²) >= 11 is 5.29. The van der Waals surface area contributed by atoms with Crippen LogP contribution in [0.25, 0.3) is 21.6 Å². The highest BCUT2D eigenvalue weighted by Crippen LogP contribution is 2.35. The van der Waals surface area contributed by atoms with Gasteiger partial charge in [-0.2, -0.15) is 0 Å². The molecule has 2 aromatic heterocycles. The largest absolute Gasteiger partial charge is 0.351 e. The first-order valence-corrected chi connectivity index (χ1v) is 8.37. The van der Waals surface area contributed by atoms with Crippen LogP contribution in [0.2, 0.25) is 0 Å². The minimum atomic E-state index is 0.749. The average Bonchev–Trinajstić information content (AvgIpc) is 3.07. The maximum absolute atomic E-state index is 5.61. The predicted octanol–water partition coefficient (Wildman–Crippen LogP) is 4.34. The molecule has 0 aliphatic heterocycles. The molecule has 2 heterocycles. The van der Waals surface area contributed by atoms with E-state index in [2.05, 4.69) is 44.1 Å². The van der Waals surface area contributed by atoms with Crippen molar-refractivity contribution in [2.24, 2.45) is 5.73 Å². The van der Waals surface area contributed by atoms with Crippen LogP contribution in [0.15, 0.2) is 34.2 Å². The normalized spacial score (nSPS) is 11.3. The molecule has 3 rings (SSSR count). The Labute approximate surface area is 130 Å². The number of nitrogens with two attached hydrogens (primary N) is 1. The lowest BCUT2D eigenvalue weighted by Crippen LogP contribution is -1.99. The number of hydrogen-bond donors (Lipinski definition) is 2. The highest BCUT2D eigenvalue weighted by molar-refractivity contribution is 9.10. The lowest BCUT2D eigenvalue weighted by atomic mass is 10.0. The Morgan fingerprint density at radius 2 is 2.20 bits per heavy atom. The summed E-state index contributed by atoms with van der Waals surface area (Å²) in [6.07, 6.45) is 5.04.